The average Bonchev–Trinajstić information content (AvgIpc) is 3.05. The molecule has 168 valence electrons. The molecule has 0 saturated heterocycles. The Kier molecular flexibility index (Phi) is 6.56. The number of rotatable bonds is 9. The van der Waals surface area contributed by atoms with Crippen molar-refractivity contribution in [2.24, 2.45) is 0 Å². The maximum Gasteiger partial charge on any atom is 0.264 e. The number of ketones is 1. The molecular weight excluding hydrogens is 418 g/mol. The van der Waals surface area contributed by atoms with Crippen molar-refractivity contribution in [2.45, 2.75) is 12.0 Å². The maximum atomic E-state index is 13.3. The van der Waals surface area contributed by atoms with Crippen molar-refractivity contribution in [3.63, 3.8) is 0 Å². The molecule has 1 unspecified atom stereocenters. The lowest BCUT2D eigenvalue weighted by molar-refractivity contribution is -0.140. The van der Waals surface area contributed by atoms with E-state index in [0.29, 0.717) is 22.7 Å². The molecule has 1 heterocycles. The molecule has 4 rings (SSSR count). The quantitative estimate of drug-likeness (QED) is 0.507. The van der Waals surface area contributed by atoms with Crippen LogP contribution in [-0.4, -0.2) is 37.1 Å². The second-order valence-electron chi connectivity index (χ2n) is 7.72. The summed E-state index contributed by atoms with van der Waals surface area (Å²) in [6, 6.07) is 23.6. The Hall–Kier alpha value is -3.90. The molecule has 33 heavy (non-hydrogen) atoms. The van der Waals surface area contributed by atoms with Crippen LogP contribution >= 0.6 is 0 Å². The van der Waals surface area contributed by atoms with Crippen molar-refractivity contribution in [1.82, 2.24) is 0 Å². The van der Waals surface area contributed by atoms with E-state index in [-0.39, 0.29) is 25.4 Å². The number of ether oxygens (including phenoxy) is 2. The van der Waals surface area contributed by atoms with Crippen molar-refractivity contribution in [1.29, 1.82) is 0 Å². The lowest BCUT2D eigenvalue weighted by atomic mass is 9.90. The molecule has 0 saturated carbocycles. The van der Waals surface area contributed by atoms with Crippen LogP contribution in [0.5, 0.6) is 11.5 Å². The number of benzene rings is 3. The minimum atomic E-state index is -1.92. The zero-order valence-corrected chi connectivity index (χ0v) is 18.3. The zero-order valence-electron chi connectivity index (χ0n) is 18.3. The molecule has 6 nitrogen and oxygen atoms in total. The van der Waals surface area contributed by atoms with Crippen LogP contribution in [0.4, 0.5) is 5.69 Å². The summed E-state index contributed by atoms with van der Waals surface area (Å²) in [4.78, 5) is 27.4. The largest absolute Gasteiger partial charge is 0.493 e. The van der Waals surface area contributed by atoms with E-state index in [0.717, 1.165) is 5.56 Å². The van der Waals surface area contributed by atoms with E-state index in [1.54, 1.807) is 49.6 Å². The molecule has 6 heteroatoms. The van der Waals surface area contributed by atoms with E-state index in [1.807, 2.05) is 42.5 Å². The first-order valence-corrected chi connectivity index (χ1v) is 10.7. The third-order valence-corrected chi connectivity index (χ3v) is 5.57. The standard InChI is InChI=1S/C27H25NO5/c1-32-24-13-7-8-14-25(24)33-18-17-28-23-12-6-5-11-22(23)27(31,26(28)30)19-21(29)16-15-20-9-3-2-4-10-20/h2-16,31H,17-19H2,1H3. The van der Waals surface area contributed by atoms with Gasteiger partial charge in [0.1, 0.15) is 6.61 Å². The average molecular weight is 443 g/mol. The van der Waals surface area contributed by atoms with Crippen molar-refractivity contribution in [3.05, 3.63) is 96.1 Å². The predicted octanol–water partition coefficient (Wildman–Crippen LogP) is 3.98. The minimum absolute atomic E-state index is 0.193. The van der Waals surface area contributed by atoms with E-state index in [9.17, 15) is 14.7 Å². The Morgan fingerprint density at radius 2 is 1.64 bits per heavy atom. The highest BCUT2D eigenvalue weighted by Gasteiger charge is 2.50. The van der Waals surface area contributed by atoms with Gasteiger partial charge in [0.25, 0.3) is 5.91 Å². The van der Waals surface area contributed by atoms with Crippen molar-refractivity contribution in [2.75, 3.05) is 25.2 Å². The van der Waals surface area contributed by atoms with Gasteiger partial charge >= 0.3 is 0 Å². The van der Waals surface area contributed by atoms with Crippen molar-refractivity contribution >= 4 is 23.5 Å². The fourth-order valence-corrected chi connectivity index (χ4v) is 3.95. The second kappa shape index (κ2) is 9.71. The smallest absolute Gasteiger partial charge is 0.264 e. The van der Waals surface area contributed by atoms with Gasteiger partial charge in [0.05, 0.1) is 25.8 Å². The Morgan fingerprint density at radius 1 is 0.970 bits per heavy atom. The Labute approximate surface area is 192 Å². The summed E-state index contributed by atoms with van der Waals surface area (Å²) < 4.78 is 11.1. The summed E-state index contributed by atoms with van der Waals surface area (Å²) in [7, 11) is 1.56. The number of aliphatic hydroxyl groups is 1. The number of amides is 1. The lowest BCUT2D eigenvalue weighted by Gasteiger charge is -2.22. The first-order chi connectivity index (χ1) is 16.0. The molecule has 0 aromatic heterocycles. The summed E-state index contributed by atoms with van der Waals surface area (Å²) in [5.74, 6) is 0.291. The van der Waals surface area contributed by atoms with Crippen LogP contribution in [0.1, 0.15) is 17.5 Å². The zero-order chi connectivity index (χ0) is 23.3. The summed E-state index contributed by atoms with van der Waals surface area (Å²) in [5.41, 5.74) is -0.0487. The van der Waals surface area contributed by atoms with Gasteiger partial charge < -0.3 is 19.5 Å². The van der Waals surface area contributed by atoms with Gasteiger partial charge in [-0.05, 0) is 29.8 Å². The summed E-state index contributed by atoms with van der Waals surface area (Å²) in [5, 5.41) is 11.3. The highest BCUT2D eigenvalue weighted by atomic mass is 16.5. The van der Waals surface area contributed by atoms with E-state index in [1.165, 1.54) is 11.0 Å². The lowest BCUT2D eigenvalue weighted by Crippen LogP contribution is -2.43. The second-order valence-corrected chi connectivity index (χ2v) is 7.72. The molecule has 0 spiro atoms. The molecule has 3 aromatic carbocycles. The van der Waals surface area contributed by atoms with Gasteiger partial charge in [0, 0.05) is 5.56 Å². The first-order valence-electron chi connectivity index (χ1n) is 10.7. The van der Waals surface area contributed by atoms with E-state index < -0.39 is 11.5 Å². The van der Waals surface area contributed by atoms with Crippen molar-refractivity contribution < 1.29 is 24.2 Å². The maximum absolute atomic E-state index is 13.3. The van der Waals surface area contributed by atoms with E-state index in [2.05, 4.69) is 0 Å². The molecule has 1 N–H and O–H groups in total. The van der Waals surface area contributed by atoms with Gasteiger partial charge in [-0.2, -0.15) is 0 Å². The number of anilines is 1. The topological polar surface area (TPSA) is 76.1 Å². The first kappa shape index (κ1) is 22.3. The Bertz CT molecular complexity index is 1170. The van der Waals surface area contributed by atoms with Crippen LogP contribution in [-0.2, 0) is 15.2 Å². The fourth-order valence-electron chi connectivity index (χ4n) is 3.95. The molecule has 1 aliphatic heterocycles. The van der Waals surface area contributed by atoms with Crippen LogP contribution in [0.2, 0.25) is 0 Å². The number of nitrogens with zero attached hydrogens (tertiary/aromatic N) is 1. The molecule has 0 bridgehead atoms. The van der Waals surface area contributed by atoms with Crippen molar-refractivity contribution in [3.8, 4) is 11.5 Å². The minimum Gasteiger partial charge on any atom is -0.493 e. The number of fused-ring (bicyclic) bond motifs is 1. The Morgan fingerprint density at radius 3 is 2.39 bits per heavy atom. The molecule has 1 amide bonds. The summed E-state index contributed by atoms with van der Waals surface area (Å²) in [6.45, 7) is 0.405. The number of para-hydroxylation sites is 3. The van der Waals surface area contributed by atoms with Gasteiger partial charge in [-0.25, -0.2) is 0 Å². The third kappa shape index (κ3) is 4.66. The highest BCUT2D eigenvalue weighted by Crippen LogP contribution is 2.42. The molecule has 1 aliphatic rings. The molecule has 1 atom stereocenters. The van der Waals surface area contributed by atoms with E-state index >= 15 is 0 Å². The normalized spacial score (nSPS) is 17.3. The third-order valence-electron chi connectivity index (χ3n) is 5.57. The highest BCUT2D eigenvalue weighted by molar-refractivity contribution is 6.10. The molecule has 3 aromatic rings. The fraction of sp³-hybridized carbons (Fsp3) is 0.185. The van der Waals surface area contributed by atoms with Crippen LogP contribution in [0.3, 0.4) is 0 Å². The molecule has 0 radical (unpaired) electrons. The summed E-state index contributed by atoms with van der Waals surface area (Å²) in [6.07, 6.45) is 2.74. The van der Waals surface area contributed by atoms with Gasteiger partial charge in [-0.3, -0.25) is 9.59 Å². The van der Waals surface area contributed by atoms with E-state index in [4.69, 9.17) is 9.47 Å². The predicted molar refractivity (Wildman–Crippen MR) is 126 cm³/mol. The molecule has 0 aliphatic carbocycles. The number of allylic oxidation sites excluding steroid dienone is 1. The van der Waals surface area contributed by atoms with Crippen LogP contribution < -0.4 is 14.4 Å². The van der Waals surface area contributed by atoms with Gasteiger partial charge in [-0.15, -0.1) is 0 Å². The van der Waals surface area contributed by atoms with Gasteiger partial charge in [0.15, 0.2) is 22.9 Å². The SMILES string of the molecule is COc1ccccc1OCCN1C(=O)C(O)(CC(=O)C=Cc2ccccc2)c2ccccc21. The number of carbonyl (C=O) groups is 2. The summed E-state index contributed by atoms with van der Waals surface area (Å²) >= 11 is 0. The van der Waals surface area contributed by atoms with Crippen LogP contribution in [0.25, 0.3) is 6.08 Å². The number of methoxy groups -OCH3 is 1. The molecular formula is C27H25NO5. The van der Waals surface area contributed by atoms with Crippen LogP contribution in [0, 0.1) is 0 Å². The molecule has 0 fully saturated rings. The Balaban J connectivity index is 1.49. The van der Waals surface area contributed by atoms with Gasteiger partial charge in [0.2, 0.25) is 0 Å². The number of hydrogen-bond donors (Lipinski definition) is 1. The number of carbonyl (C=O) groups excluding carboxylic acids is 2. The number of hydrogen-bond acceptors (Lipinski definition) is 5. The monoisotopic (exact) mass is 443 g/mol. The van der Waals surface area contributed by atoms with Crippen LogP contribution in [0.15, 0.2) is 84.9 Å². The van der Waals surface area contributed by atoms with Gasteiger partial charge in [-0.1, -0.05) is 66.7 Å².